The van der Waals surface area contributed by atoms with Gasteiger partial charge in [0.25, 0.3) is 0 Å². The predicted octanol–water partition coefficient (Wildman–Crippen LogP) is 3.80. The first-order valence-corrected chi connectivity index (χ1v) is 11.5. The van der Waals surface area contributed by atoms with Crippen LogP contribution in [0.1, 0.15) is 43.2 Å². The number of pyridine rings is 1. The van der Waals surface area contributed by atoms with E-state index < -0.39 is 0 Å². The molecule has 4 N–H and O–H groups in total. The molecular formula is C25H30N6O. The number of rotatable bonds is 5. The first-order valence-electron chi connectivity index (χ1n) is 11.5. The second-order valence-corrected chi connectivity index (χ2v) is 8.75. The van der Waals surface area contributed by atoms with Crippen molar-refractivity contribution in [2.75, 3.05) is 16.8 Å². The highest BCUT2D eigenvalue weighted by molar-refractivity contribution is 5.70. The van der Waals surface area contributed by atoms with Crippen LogP contribution in [0, 0.1) is 0 Å². The summed E-state index contributed by atoms with van der Waals surface area (Å²) in [6, 6.07) is 14.8. The van der Waals surface area contributed by atoms with E-state index in [-0.39, 0.29) is 6.61 Å². The number of aryl methyl sites for hydroxylation is 1. The molecule has 0 atom stereocenters. The van der Waals surface area contributed by atoms with Gasteiger partial charge in [0.1, 0.15) is 11.6 Å². The van der Waals surface area contributed by atoms with Crippen LogP contribution in [0.3, 0.4) is 0 Å². The summed E-state index contributed by atoms with van der Waals surface area (Å²) in [5.41, 5.74) is 9.88. The Morgan fingerprint density at radius 2 is 1.88 bits per heavy atom. The van der Waals surface area contributed by atoms with Crippen LogP contribution in [0.4, 0.5) is 17.6 Å². The van der Waals surface area contributed by atoms with E-state index in [4.69, 9.17) is 15.7 Å². The number of nitrogens with zero attached hydrogens (tertiary/aromatic N) is 4. The Hall–Kier alpha value is -3.03. The molecule has 7 nitrogen and oxygen atoms in total. The summed E-state index contributed by atoms with van der Waals surface area (Å²) in [6.07, 6.45) is 7.94. The summed E-state index contributed by atoms with van der Waals surface area (Å²) in [5.74, 6) is 2.42. The summed E-state index contributed by atoms with van der Waals surface area (Å²) in [6.45, 7) is 0.818. The molecule has 1 aliphatic heterocycles. The highest BCUT2D eigenvalue weighted by atomic mass is 16.3. The first-order chi connectivity index (χ1) is 15.7. The number of aliphatic hydroxyl groups excluding tert-OH is 1. The normalized spacial score (nSPS) is 20.6. The third kappa shape index (κ3) is 4.31. The van der Waals surface area contributed by atoms with Gasteiger partial charge in [0, 0.05) is 36.0 Å². The van der Waals surface area contributed by atoms with Crippen molar-refractivity contribution in [2.24, 2.45) is 5.73 Å². The van der Waals surface area contributed by atoms with Crippen molar-refractivity contribution in [1.82, 2.24) is 15.0 Å². The summed E-state index contributed by atoms with van der Waals surface area (Å²) in [4.78, 5) is 16.5. The van der Waals surface area contributed by atoms with Gasteiger partial charge in [-0.3, -0.25) is 0 Å². The summed E-state index contributed by atoms with van der Waals surface area (Å²) >= 11 is 0. The molecule has 2 aliphatic rings. The number of fused-ring (bicyclic) bond motifs is 1. The van der Waals surface area contributed by atoms with Gasteiger partial charge in [0.2, 0.25) is 5.95 Å². The van der Waals surface area contributed by atoms with Crippen LogP contribution < -0.4 is 16.0 Å². The number of anilines is 3. The lowest BCUT2D eigenvalue weighted by Gasteiger charge is -2.31. The molecule has 0 saturated heterocycles. The Labute approximate surface area is 188 Å². The van der Waals surface area contributed by atoms with Gasteiger partial charge in [0.05, 0.1) is 12.3 Å². The fourth-order valence-corrected chi connectivity index (χ4v) is 4.75. The Morgan fingerprint density at radius 3 is 2.66 bits per heavy atom. The lowest BCUT2D eigenvalue weighted by molar-refractivity contribution is 0.282. The van der Waals surface area contributed by atoms with E-state index in [1.807, 2.05) is 42.6 Å². The highest BCUT2D eigenvalue weighted by Crippen LogP contribution is 2.35. The van der Waals surface area contributed by atoms with E-state index in [0.29, 0.717) is 18.0 Å². The zero-order chi connectivity index (χ0) is 21.9. The van der Waals surface area contributed by atoms with Crippen molar-refractivity contribution in [3.05, 3.63) is 59.8 Å². The molecule has 0 unspecified atom stereocenters. The van der Waals surface area contributed by atoms with Gasteiger partial charge in [-0.05, 0) is 56.2 Å². The third-order valence-corrected chi connectivity index (χ3v) is 6.48. The molecule has 0 spiro atoms. The fraction of sp³-hybridized carbons (Fsp3) is 0.400. The highest BCUT2D eigenvalue weighted by Gasteiger charge is 2.24. The molecule has 1 aliphatic carbocycles. The zero-order valence-electron chi connectivity index (χ0n) is 18.2. The van der Waals surface area contributed by atoms with Gasteiger partial charge in [-0.25, -0.2) is 9.97 Å². The number of nitrogens with two attached hydrogens (primary N) is 1. The Morgan fingerprint density at radius 1 is 1.06 bits per heavy atom. The molecule has 5 rings (SSSR count). The van der Waals surface area contributed by atoms with Crippen LogP contribution in [-0.2, 0) is 13.0 Å². The number of benzene rings is 1. The molecule has 2 aromatic heterocycles. The van der Waals surface area contributed by atoms with Crippen LogP contribution in [0.2, 0.25) is 0 Å². The van der Waals surface area contributed by atoms with E-state index in [1.54, 1.807) is 0 Å². The molecule has 0 amide bonds. The van der Waals surface area contributed by atoms with Gasteiger partial charge >= 0.3 is 0 Å². The standard InChI is InChI=1S/C25H30N6O/c26-20-8-10-21(11-9-20)28-25-27-13-12-22(29-25)31-14-4-7-18-15-19(16-32)23(30-24(18)31)17-5-2-1-3-6-17/h1-3,5-6,12-13,15,20-21,32H,4,7-11,14,16,26H2,(H,27,28,29). The average molecular weight is 431 g/mol. The molecule has 0 radical (unpaired) electrons. The number of hydrogen-bond acceptors (Lipinski definition) is 7. The van der Waals surface area contributed by atoms with Crippen LogP contribution in [0.25, 0.3) is 11.3 Å². The van der Waals surface area contributed by atoms with Gasteiger partial charge < -0.3 is 21.1 Å². The topological polar surface area (TPSA) is 100 Å². The molecule has 166 valence electrons. The predicted molar refractivity (Wildman–Crippen MR) is 127 cm³/mol. The summed E-state index contributed by atoms with van der Waals surface area (Å²) in [5, 5.41) is 13.5. The SMILES string of the molecule is NC1CCC(Nc2nccc(N3CCCc4cc(CO)c(-c5ccccc5)nc43)n2)CC1. The Kier molecular flexibility index (Phi) is 6.01. The summed E-state index contributed by atoms with van der Waals surface area (Å²) < 4.78 is 0. The van der Waals surface area contributed by atoms with Crippen molar-refractivity contribution in [2.45, 2.75) is 57.2 Å². The van der Waals surface area contributed by atoms with E-state index in [0.717, 1.165) is 79.1 Å². The molecule has 0 bridgehead atoms. The van der Waals surface area contributed by atoms with Crippen molar-refractivity contribution in [3.8, 4) is 11.3 Å². The second-order valence-electron chi connectivity index (χ2n) is 8.75. The number of hydrogen-bond donors (Lipinski definition) is 3. The lowest BCUT2D eigenvalue weighted by atomic mass is 9.92. The molecule has 7 heteroatoms. The zero-order valence-corrected chi connectivity index (χ0v) is 18.2. The van der Waals surface area contributed by atoms with E-state index in [2.05, 4.69) is 21.3 Å². The van der Waals surface area contributed by atoms with Crippen LogP contribution in [0.15, 0.2) is 48.7 Å². The lowest BCUT2D eigenvalue weighted by Crippen LogP contribution is -2.33. The Balaban J connectivity index is 1.46. The van der Waals surface area contributed by atoms with Crippen LogP contribution in [-0.4, -0.2) is 38.7 Å². The molecule has 1 aromatic carbocycles. The van der Waals surface area contributed by atoms with Crippen molar-refractivity contribution < 1.29 is 5.11 Å². The van der Waals surface area contributed by atoms with Crippen molar-refractivity contribution >= 4 is 17.6 Å². The smallest absolute Gasteiger partial charge is 0.224 e. The van der Waals surface area contributed by atoms with Gasteiger partial charge in [-0.15, -0.1) is 0 Å². The second kappa shape index (κ2) is 9.22. The van der Waals surface area contributed by atoms with Gasteiger partial charge in [-0.2, -0.15) is 4.98 Å². The van der Waals surface area contributed by atoms with Gasteiger partial charge in [0.15, 0.2) is 0 Å². The van der Waals surface area contributed by atoms with E-state index in [9.17, 15) is 5.11 Å². The molecular weight excluding hydrogens is 400 g/mol. The molecule has 3 heterocycles. The molecule has 3 aromatic rings. The largest absolute Gasteiger partial charge is 0.392 e. The third-order valence-electron chi connectivity index (χ3n) is 6.48. The minimum Gasteiger partial charge on any atom is -0.392 e. The maximum atomic E-state index is 9.98. The minimum absolute atomic E-state index is 0.0306. The van der Waals surface area contributed by atoms with Crippen molar-refractivity contribution in [3.63, 3.8) is 0 Å². The van der Waals surface area contributed by atoms with Crippen LogP contribution >= 0.6 is 0 Å². The molecule has 32 heavy (non-hydrogen) atoms. The minimum atomic E-state index is -0.0306. The van der Waals surface area contributed by atoms with Gasteiger partial charge in [-0.1, -0.05) is 30.3 Å². The van der Waals surface area contributed by atoms with Crippen molar-refractivity contribution in [1.29, 1.82) is 0 Å². The van der Waals surface area contributed by atoms with E-state index in [1.165, 1.54) is 0 Å². The summed E-state index contributed by atoms with van der Waals surface area (Å²) in [7, 11) is 0. The quantitative estimate of drug-likeness (QED) is 0.566. The monoisotopic (exact) mass is 430 g/mol. The Bertz CT molecular complexity index is 1070. The first kappa shape index (κ1) is 20.8. The molecule has 1 fully saturated rings. The average Bonchev–Trinajstić information content (AvgIpc) is 2.85. The number of aromatic nitrogens is 3. The number of aliphatic hydroxyl groups is 1. The maximum Gasteiger partial charge on any atom is 0.224 e. The van der Waals surface area contributed by atoms with Crippen LogP contribution in [0.5, 0.6) is 0 Å². The maximum absolute atomic E-state index is 9.98. The fourth-order valence-electron chi connectivity index (χ4n) is 4.75. The molecule has 1 saturated carbocycles. The number of nitrogens with one attached hydrogen (secondary N) is 1. The van der Waals surface area contributed by atoms with E-state index >= 15 is 0 Å².